The molecule has 0 aliphatic heterocycles. The number of nitrogens with one attached hydrogen (secondary N) is 1. The van der Waals surface area contributed by atoms with Crippen molar-refractivity contribution in [3.63, 3.8) is 0 Å². The van der Waals surface area contributed by atoms with Gasteiger partial charge in [-0.3, -0.25) is 4.98 Å². The number of halogens is 4. The second-order valence-corrected chi connectivity index (χ2v) is 11.3. The Bertz CT molecular complexity index is 1230. The molecule has 2 aromatic heterocycles. The molecule has 1 aromatic carbocycles. The molecule has 1 N–H and O–H groups in total. The van der Waals surface area contributed by atoms with Gasteiger partial charge in [0.1, 0.15) is 11.5 Å². The lowest BCUT2D eigenvalue weighted by atomic mass is 9.97. The van der Waals surface area contributed by atoms with Gasteiger partial charge in [0, 0.05) is 47.2 Å². The first-order valence-electron chi connectivity index (χ1n) is 10.7. The highest BCUT2D eigenvalue weighted by Gasteiger charge is 2.37. The maximum Gasteiger partial charge on any atom is 0.435 e. The molecule has 1 saturated carbocycles. The van der Waals surface area contributed by atoms with Crippen LogP contribution in [0.25, 0.3) is 22.2 Å². The Kier molecular flexibility index (Phi) is 6.11. The van der Waals surface area contributed by atoms with Gasteiger partial charge in [0.25, 0.3) is 0 Å². The van der Waals surface area contributed by atoms with Crippen molar-refractivity contribution in [1.29, 1.82) is 0 Å². The van der Waals surface area contributed by atoms with Crippen LogP contribution in [-0.2, 0) is 30.3 Å². The summed E-state index contributed by atoms with van der Waals surface area (Å²) in [5, 5.41) is 0.714. The second-order valence-electron chi connectivity index (χ2n) is 9.72. The number of alkyl halides is 3. The molecule has 1 unspecified atom stereocenters. The van der Waals surface area contributed by atoms with E-state index in [0.717, 1.165) is 18.4 Å². The fourth-order valence-electron chi connectivity index (χ4n) is 3.77. The molecular weight excluding hydrogens is 456 g/mol. The van der Waals surface area contributed by atoms with Crippen molar-refractivity contribution in [3.05, 3.63) is 47.3 Å². The normalized spacial score (nSPS) is 15.9. The highest BCUT2D eigenvalue weighted by Crippen LogP contribution is 2.38. The summed E-state index contributed by atoms with van der Waals surface area (Å²) in [7, 11) is -1.16. The Morgan fingerprint density at radius 1 is 1.21 bits per heavy atom. The average Bonchev–Trinajstić information content (AvgIpc) is 3.49. The van der Waals surface area contributed by atoms with Crippen LogP contribution in [0.4, 0.5) is 17.6 Å². The zero-order chi connectivity index (χ0) is 24.1. The van der Waals surface area contributed by atoms with Gasteiger partial charge in [-0.25, -0.2) is 18.3 Å². The molecular formula is C23H26F4N4OS. The maximum atomic E-state index is 15.2. The van der Waals surface area contributed by atoms with Crippen LogP contribution in [0.15, 0.2) is 24.5 Å². The van der Waals surface area contributed by atoms with Crippen molar-refractivity contribution in [2.45, 2.75) is 65.1 Å². The van der Waals surface area contributed by atoms with Gasteiger partial charge in [-0.1, -0.05) is 20.8 Å². The molecule has 2 heterocycles. The topological polar surface area (TPSA) is 59.8 Å². The van der Waals surface area contributed by atoms with E-state index in [0.29, 0.717) is 17.4 Å². The van der Waals surface area contributed by atoms with Crippen molar-refractivity contribution in [2.24, 2.45) is 5.41 Å². The van der Waals surface area contributed by atoms with Gasteiger partial charge >= 0.3 is 6.18 Å². The third-order valence-corrected chi connectivity index (χ3v) is 6.85. The van der Waals surface area contributed by atoms with Crippen LogP contribution < -0.4 is 4.72 Å². The highest BCUT2D eigenvalue weighted by molar-refractivity contribution is 7.83. The minimum Gasteiger partial charge on any atom is -0.347 e. The number of rotatable bonds is 6. The number of aromatic nitrogens is 3. The van der Waals surface area contributed by atoms with E-state index in [1.165, 1.54) is 25.3 Å². The first-order valence-corrected chi connectivity index (χ1v) is 11.9. The average molecular weight is 483 g/mol. The Morgan fingerprint density at radius 2 is 1.91 bits per heavy atom. The van der Waals surface area contributed by atoms with Gasteiger partial charge in [-0.2, -0.15) is 13.2 Å². The summed E-state index contributed by atoms with van der Waals surface area (Å²) in [6.45, 7) is 8.36. The van der Waals surface area contributed by atoms with E-state index in [-0.39, 0.29) is 28.5 Å². The maximum absolute atomic E-state index is 15.2. The Balaban J connectivity index is 1.84. The molecule has 5 nitrogen and oxygen atoms in total. The van der Waals surface area contributed by atoms with Gasteiger partial charge in [0.05, 0.1) is 16.7 Å². The molecule has 178 valence electrons. The number of benzene rings is 1. The molecule has 1 fully saturated rings. The van der Waals surface area contributed by atoms with Crippen molar-refractivity contribution in [1.82, 2.24) is 19.3 Å². The number of hydrogen-bond acceptors (Lipinski definition) is 3. The third kappa shape index (κ3) is 5.27. The fraction of sp³-hybridized carbons (Fsp3) is 0.478. The van der Waals surface area contributed by atoms with E-state index in [4.69, 9.17) is 0 Å². The summed E-state index contributed by atoms with van der Waals surface area (Å²) in [6.07, 6.45) is 0.114. The molecule has 0 bridgehead atoms. The summed E-state index contributed by atoms with van der Waals surface area (Å²) >= 11 is 0. The fourth-order valence-corrected chi connectivity index (χ4v) is 4.87. The summed E-state index contributed by atoms with van der Waals surface area (Å²) in [5.41, 5.74) is -0.715. The van der Waals surface area contributed by atoms with Crippen LogP contribution in [0.5, 0.6) is 0 Å². The molecule has 1 aliphatic carbocycles. The summed E-state index contributed by atoms with van der Waals surface area (Å²) in [5.74, 6) is -0.816. The molecule has 0 radical (unpaired) electrons. The van der Waals surface area contributed by atoms with Crippen LogP contribution in [0, 0.1) is 18.2 Å². The first kappa shape index (κ1) is 23.8. The van der Waals surface area contributed by atoms with Crippen LogP contribution in [-0.4, -0.2) is 24.0 Å². The van der Waals surface area contributed by atoms with E-state index in [2.05, 4.69) is 14.7 Å². The summed E-state index contributed by atoms with van der Waals surface area (Å²) < 4.78 is 73.3. The van der Waals surface area contributed by atoms with Crippen LogP contribution in [0.2, 0.25) is 0 Å². The lowest BCUT2D eigenvalue weighted by molar-refractivity contribution is -0.140. The zero-order valence-corrected chi connectivity index (χ0v) is 19.7. The third-order valence-electron chi connectivity index (χ3n) is 5.35. The highest BCUT2D eigenvalue weighted by atomic mass is 32.2. The first-order chi connectivity index (χ1) is 15.3. The monoisotopic (exact) mass is 482 g/mol. The molecule has 4 rings (SSSR count). The van der Waals surface area contributed by atoms with Gasteiger partial charge in [0.15, 0.2) is 5.69 Å². The molecule has 1 atom stereocenters. The van der Waals surface area contributed by atoms with Crippen molar-refractivity contribution in [2.75, 3.05) is 0 Å². The Hall–Kier alpha value is -2.33. The molecule has 0 spiro atoms. The number of aryl methyl sites for hydroxylation is 1. The molecule has 3 aromatic rings. The smallest absolute Gasteiger partial charge is 0.347 e. The van der Waals surface area contributed by atoms with Crippen LogP contribution in [0.3, 0.4) is 0 Å². The number of nitrogens with zero attached hydrogens (tertiary/aromatic N) is 3. The van der Waals surface area contributed by atoms with E-state index >= 15 is 4.39 Å². The van der Waals surface area contributed by atoms with Gasteiger partial charge in [-0.05, 0) is 42.9 Å². The minimum atomic E-state index is -4.77. The Morgan fingerprint density at radius 3 is 2.52 bits per heavy atom. The second kappa shape index (κ2) is 8.47. The van der Waals surface area contributed by atoms with E-state index < -0.39 is 34.4 Å². The minimum absolute atomic E-state index is 0.0979. The predicted octanol–water partition coefficient (Wildman–Crippen LogP) is 5.53. The molecule has 0 saturated heterocycles. The van der Waals surface area contributed by atoms with Gasteiger partial charge in [0.2, 0.25) is 0 Å². The van der Waals surface area contributed by atoms with E-state index in [1.54, 1.807) is 0 Å². The number of hydrogen-bond donors (Lipinski definition) is 1. The Labute approximate surface area is 192 Å². The van der Waals surface area contributed by atoms with Crippen molar-refractivity contribution in [3.8, 4) is 11.3 Å². The number of fused-ring (bicyclic) bond motifs is 1. The standard InChI is InChI=1S/C23H26F4N4OS/c1-13-9-28-20(21(30-13)23(25,26)27)17-8-19-16(7-18(17)24)14(10-29-33(32)15-5-6-15)11-31(19)12-22(2,3)4/h7-9,11,15,29H,5-6,10,12H2,1-4H3. The molecule has 10 heteroatoms. The van der Waals surface area contributed by atoms with E-state index in [9.17, 15) is 17.4 Å². The van der Waals surface area contributed by atoms with Crippen molar-refractivity contribution >= 4 is 21.9 Å². The largest absolute Gasteiger partial charge is 0.435 e. The van der Waals surface area contributed by atoms with E-state index in [1.807, 2.05) is 31.5 Å². The summed E-state index contributed by atoms with van der Waals surface area (Å²) in [6, 6.07) is 2.65. The van der Waals surface area contributed by atoms with Gasteiger partial charge in [-0.15, -0.1) is 0 Å². The quantitative estimate of drug-likeness (QED) is 0.470. The predicted molar refractivity (Wildman–Crippen MR) is 120 cm³/mol. The molecule has 0 amide bonds. The summed E-state index contributed by atoms with van der Waals surface area (Å²) in [4.78, 5) is 7.49. The lowest BCUT2D eigenvalue weighted by Gasteiger charge is -2.20. The SMILES string of the molecule is Cc1cnc(-c2cc3c(cc2F)c(CNS(=O)C2CC2)cn3CC(C)(C)C)c(C(F)(F)F)n1. The lowest BCUT2D eigenvalue weighted by Crippen LogP contribution is -2.19. The van der Waals surface area contributed by atoms with Crippen LogP contribution >= 0.6 is 0 Å². The van der Waals surface area contributed by atoms with Crippen LogP contribution in [0.1, 0.15) is 50.6 Å². The zero-order valence-electron chi connectivity index (χ0n) is 18.9. The molecule has 1 aliphatic rings. The van der Waals surface area contributed by atoms with Crippen molar-refractivity contribution < 1.29 is 21.8 Å². The molecule has 33 heavy (non-hydrogen) atoms. The van der Waals surface area contributed by atoms with Gasteiger partial charge < -0.3 is 4.57 Å².